The third-order valence-electron chi connectivity index (χ3n) is 3.99. The van der Waals surface area contributed by atoms with E-state index in [1.807, 2.05) is 49.6 Å². The molecule has 0 amide bonds. The highest BCUT2D eigenvalue weighted by Gasteiger charge is 2.20. The summed E-state index contributed by atoms with van der Waals surface area (Å²) in [7, 11) is 1.82. The van der Waals surface area contributed by atoms with E-state index in [0.717, 1.165) is 22.3 Å². The highest BCUT2D eigenvalue weighted by molar-refractivity contribution is 6.32. The van der Waals surface area contributed by atoms with Crippen molar-refractivity contribution in [2.24, 2.45) is 7.05 Å². The zero-order valence-corrected chi connectivity index (χ0v) is 14.0. The van der Waals surface area contributed by atoms with Crippen molar-refractivity contribution in [3.63, 3.8) is 0 Å². The lowest BCUT2D eigenvalue weighted by atomic mass is 10.0. The van der Waals surface area contributed by atoms with Crippen molar-refractivity contribution in [1.29, 1.82) is 0 Å². The molecule has 0 bridgehead atoms. The number of carbonyl (C=O) groups is 1. The Hall–Kier alpha value is -3.12. The molecule has 0 unspecified atom stereocenters. The number of carboxylic acids is 1. The second-order valence-corrected chi connectivity index (χ2v) is 6.02. The van der Waals surface area contributed by atoms with Gasteiger partial charge >= 0.3 is 5.97 Å². The lowest BCUT2D eigenvalue weighted by Crippen LogP contribution is -1.96. The van der Waals surface area contributed by atoms with E-state index in [2.05, 4.69) is 10.1 Å². The number of halogens is 1. The van der Waals surface area contributed by atoms with Crippen LogP contribution in [0.1, 0.15) is 10.5 Å². The monoisotopic (exact) mass is 352 g/mol. The molecule has 0 saturated heterocycles. The summed E-state index contributed by atoms with van der Waals surface area (Å²) in [6, 6.07) is 11.8. The number of hydrogen-bond donors (Lipinski definition) is 1. The molecule has 0 aliphatic carbocycles. The van der Waals surface area contributed by atoms with E-state index in [1.165, 1.54) is 0 Å². The van der Waals surface area contributed by atoms with Crippen LogP contribution in [-0.2, 0) is 7.05 Å². The average molecular weight is 353 g/mol. The quantitative estimate of drug-likeness (QED) is 0.609. The Morgan fingerprint density at radius 2 is 1.88 bits per heavy atom. The van der Waals surface area contributed by atoms with Gasteiger partial charge in [0.15, 0.2) is 5.69 Å². The molecule has 0 atom stereocenters. The predicted octanol–water partition coefficient (Wildman–Crippen LogP) is 3.75. The Morgan fingerprint density at radius 3 is 2.52 bits per heavy atom. The Balaban J connectivity index is 2.07. The van der Waals surface area contributed by atoms with Gasteiger partial charge in [-0.05, 0) is 17.2 Å². The number of imidazole rings is 1. The molecule has 25 heavy (non-hydrogen) atoms. The highest BCUT2D eigenvalue weighted by Crippen LogP contribution is 2.32. The standard InChI is InChI=1S/C18H13ClN4O2/c1-22-9-13(8-20-22)14-7-12(11-5-3-2-4-6-11)10-23-16(19)15(18(24)25)21-17(14)23/h2-10H,1H3,(H,24,25). The summed E-state index contributed by atoms with van der Waals surface area (Å²) in [5, 5.41) is 13.6. The van der Waals surface area contributed by atoms with Crippen LogP contribution in [0.25, 0.3) is 27.9 Å². The number of pyridine rings is 1. The molecule has 0 spiro atoms. The SMILES string of the molecule is Cn1cc(-c2cc(-c3ccccc3)cn3c(Cl)c(C(=O)O)nc23)cn1. The van der Waals surface area contributed by atoms with Gasteiger partial charge in [-0.2, -0.15) is 5.10 Å². The van der Waals surface area contributed by atoms with Gasteiger partial charge in [0.05, 0.1) is 6.20 Å². The van der Waals surface area contributed by atoms with Gasteiger partial charge in [-0.3, -0.25) is 9.08 Å². The molecule has 0 fully saturated rings. The first-order valence-corrected chi connectivity index (χ1v) is 7.91. The molecule has 4 aromatic rings. The van der Waals surface area contributed by atoms with Crippen LogP contribution >= 0.6 is 11.6 Å². The zero-order valence-electron chi connectivity index (χ0n) is 13.2. The van der Waals surface area contributed by atoms with Gasteiger partial charge in [-0.1, -0.05) is 41.9 Å². The smallest absolute Gasteiger partial charge is 0.357 e. The lowest BCUT2D eigenvalue weighted by Gasteiger charge is -2.08. The van der Waals surface area contributed by atoms with Crippen LogP contribution in [0.5, 0.6) is 0 Å². The molecule has 3 heterocycles. The average Bonchev–Trinajstić information content (AvgIpc) is 3.19. The predicted molar refractivity (Wildman–Crippen MR) is 94.8 cm³/mol. The first-order chi connectivity index (χ1) is 12.0. The van der Waals surface area contributed by atoms with Crippen molar-refractivity contribution in [3.8, 4) is 22.3 Å². The molecule has 6 nitrogen and oxygen atoms in total. The summed E-state index contributed by atoms with van der Waals surface area (Å²) in [6.45, 7) is 0. The van der Waals surface area contributed by atoms with Gasteiger partial charge in [-0.25, -0.2) is 9.78 Å². The van der Waals surface area contributed by atoms with E-state index in [4.69, 9.17) is 11.6 Å². The number of hydrogen-bond acceptors (Lipinski definition) is 3. The van der Waals surface area contributed by atoms with Crippen LogP contribution < -0.4 is 0 Å². The van der Waals surface area contributed by atoms with Crippen LogP contribution in [0.15, 0.2) is 55.0 Å². The molecule has 1 N–H and O–H groups in total. The van der Waals surface area contributed by atoms with Crippen molar-refractivity contribution >= 4 is 23.2 Å². The van der Waals surface area contributed by atoms with Crippen LogP contribution in [-0.4, -0.2) is 30.2 Å². The summed E-state index contributed by atoms with van der Waals surface area (Å²) >= 11 is 6.28. The molecule has 4 rings (SSSR count). The molecular weight excluding hydrogens is 340 g/mol. The molecule has 1 aromatic carbocycles. The van der Waals surface area contributed by atoms with Crippen molar-refractivity contribution < 1.29 is 9.90 Å². The van der Waals surface area contributed by atoms with Gasteiger partial charge in [0.2, 0.25) is 0 Å². The Bertz CT molecular complexity index is 1100. The van der Waals surface area contributed by atoms with Gasteiger partial charge < -0.3 is 5.11 Å². The summed E-state index contributed by atoms with van der Waals surface area (Å²) in [4.78, 5) is 15.6. The largest absolute Gasteiger partial charge is 0.476 e. The summed E-state index contributed by atoms with van der Waals surface area (Å²) < 4.78 is 3.29. The van der Waals surface area contributed by atoms with Crippen molar-refractivity contribution in [3.05, 3.63) is 65.8 Å². The summed E-state index contributed by atoms with van der Waals surface area (Å²) in [6.07, 6.45) is 5.37. The Kier molecular flexibility index (Phi) is 3.54. The number of aromatic carboxylic acids is 1. The lowest BCUT2D eigenvalue weighted by molar-refractivity contribution is 0.0691. The van der Waals surface area contributed by atoms with Crippen molar-refractivity contribution in [2.45, 2.75) is 0 Å². The van der Waals surface area contributed by atoms with Crippen molar-refractivity contribution in [2.75, 3.05) is 0 Å². The topological polar surface area (TPSA) is 72.4 Å². The van der Waals surface area contributed by atoms with Gasteiger partial charge in [-0.15, -0.1) is 0 Å². The van der Waals surface area contributed by atoms with Gasteiger partial charge in [0.1, 0.15) is 10.8 Å². The number of rotatable bonds is 3. The summed E-state index contributed by atoms with van der Waals surface area (Å²) in [5.74, 6) is -1.16. The Labute approximate surface area is 147 Å². The number of nitrogens with zero attached hydrogens (tertiary/aromatic N) is 4. The minimum atomic E-state index is -1.16. The van der Waals surface area contributed by atoms with E-state index >= 15 is 0 Å². The maximum atomic E-state index is 11.4. The molecular formula is C18H13ClN4O2. The van der Waals surface area contributed by atoms with Gasteiger partial charge in [0.25, 0.3) is 0 Å². The minimum Gasteiger partial charge on any atom is -0.476 e. The number of benzene rings is 1. The molecule has 0 radical (unpaired) electrons. The van der Waals surface area contributed by atoms with Crippen LogP contribution in [0.4, 0.5) is 0 Å². The van der Waals surface area contributed by atoms with Crippen molar-refractivity contribution in [1.82, 2.24) is 19.2 Å². The molecule has 0 aliphatic heterocycles. The molecule has 3 aromatic heterocycles. The van der Waals surface area contributed by atoms with E-state index < -0.39 is 5.97 Å². The van der Waals surface area contributed by atoms with Crippen LogP contribution in [0.3, 0.4) is 0 Å². The number of carboxylic acid groups (broad SMARTS) is 1. The maximum absolute atomic E-state index is 11.4. The Morgan fingerprint density at radius 1 is 1.12 bits per heavy atom. The highest BCUT2D eigenvalue weighted by atomic mass is 35.5. The van der Waals surface area contributed by atoms with Crippen LogP contribution in [0.2, 0.25) is 5.15 Å². The van der Waals surface area contributed by atoms with E-state index in [1.54, 1.807) is 21.5 Å². The molecule has 124 valence electrons. The number of aryl methyl sites for hydroxylation is 1. The first-order valence-electron chi connectivity index (χ1n) is 7.54. The summed E-state index contributed by atoms with van der Waals surface area (Å²) in [5.41, 5.74) is 3.82. The molecule has 0 aliphatic rings. The fraction of sp³-hybridized carbons (Fsp3) is 0.0556. The zero-order chi connectivity index (χ0) is 17.6. The number of fused-ring (bicyclic) bond motifs is 1. The normalized spacial score (nSPS) is 11.1. The van der Waals surface area contributed by atoms with Gasteiger partial charge in [0, 0.05) is 30.6 Å². The minimum absolute atomic E-state index is 0.0745. The fourth-order valence-corrected chi connectivity index (χ4v) is 3.07. The second-order valence-electron chi connectivity index (χ2n) is 5.66. The fourth-order valence-electron chi connectivity index (χ4n) is 2.81. The van der Waals surface area contributed by atoms with E-state index in [0.29, 0.717) is 5.65 Å². The third kappa shape index (κ3) is 2.56. The number of aromatic nitrogens is 4. The van der Waals surface area contributed by atoms with E-state index in [-0.39, 0.29) is 10.8 Å². The molecule has 7 heteroatoms. The molecule has 0 saturated carbocycles. The van der Waals surface area contributed by atoms with Crippen LogP contribution in [0, 0.1) is 0 Å². The van der Waals surface area contributed by atoms with E-state index in [9.17, 15) is 9.90 Å². The maximum Gasteiger partial charge on any atom is 0.357 e. The first kappa shape index (κ1) is 15.4. The second kappa shape index (κ2) is 5.75. The third-order valence-corrected chi connectivity index (χ3v) is 4.35.